The lowest BCUT2D eigenvalue weighted by atomic mass is 9.90. The second kappa shape index (κ2) is 7.84. The van der Waals surface area contributed by atoms with E-state index < -0.39 is 0 Å². The van der Waals surface area contributed by atoms with Crippen molar-refractivity contribution in [3.8, 4) is 5.75 Å². The molecular weight excluding hydrogens is 300 g/mol. The molecule has 124 valence electrons. The number of amides is 1. The summed E-state index contributed by atoms with van der Waals surface area (Å²) in [6.07, 6.45) is 1.42. The first-order valence-electron chi connectivity index (χ1n) is 7.61. The van der Waals surface area contributed by atoms with Gasteiger partial charge in [-0.1, -0.05) is 13.0 Å². The van der Waals surface area contributed by atoms with E-state index in [2.05, 4.69) is 13.0 Å². The maximum atomic E-state index is 12.2. The molecule has 0 bridgehead atoms. The van der Waals surface area contributed by atoms with Gasteiger partial charge < -0.3 is 15.4 Å². The monoisotopic (exact) mass is 326 g/mol. The molecule has 2 N–H and O–H groups in total. The van der Waals surface area contributed by atoms with Gasteiger partial charge in [0.1, 0.15) is 5.75 Å². The van der Waals surface area contributed by atoms with Crippen LogP contribution in [-0.2, 0) is 4.79 Å². The van der Waals surface area contributed by atoms with Crippen LogP contribution in [0.2, 0.25) is 0 Å². The van der Waals surface area contributed by atoms with E-state index in [1.807, 2.05) is 30.9 Å². The van der Waals surface area contributed by atoms with E-state index in [1.54, 1.807) is 0 Å². The van der Waals surface area contributed by atoms with Crippen LogP contribution >= 0.6 is 12.4 Å². The van der Waals surface area contributed by atoms with E-state index in [4.69, 9.17) is 10.5 Å². The zero-order valence-corrected chi connectivity index (χ0v) is 14.5. The summed E-state index contributed by atoms with van der Waals surface area (Å²) in [5.41, 5.74) is 8.21. The number of halogens is 1. The van der Waals surface area contributed by atoms with Gasteiger partial charge >= 0.3 is 0 Å². The fourth-order valence-electron chi connectivity index (χ4n) is 2.83. The molecule has 4 nitrogen and oxygen atoms in total. The maximum absolute atomic E-state index is 12.2. The molecule has 1 heterocycles. The molecule has 1 aromatic carbocycles. The number of hydrogen-bond donors (Lipinski definition) is 1. The van der Waals surface area contributed by atoms with Crippen LogP contribution in [0.1, 0.15) is 30.9 Å². The Balaban J connectivity index is 0.00000242. The molecule has 22 heavy (non-hydrogen) atoms. The van der Waals surface area contributed by atoms with E-state index in [1.165, 1.54) is 11.1 Å². The minimum Gasteiger partial charge on any atom is -0.493 e. The molecule has 1 aliphatic rings. The number of aryl methyl sites for hydroxylation is 2. The van der Waals surface area contributed by atoms with Crippen LogP contribution in [0.15, 0.2) is 18.2 Å². The highest BCUT2D eigenvalue weighted by Gasteiger charge is 2.34. The Morgan fingerprint density at radius 1 is 1.32 bits per heavy atom. The molecule has 0 aromatic heterocycles. The molecular formula is C17H27ClN2O2. The second-order valence-corrected chi connectivity index (χ2v) is 6.50. The Hall–Kier alpha value is -1.26. The molecule has 0 spiro atoms. The highest BCUT2D eigenvalue weighted by molar-refractivity contribution is 5.85. The van der Waals surface area contributed by atoms with Gasteiger partial charge in [0.2, 0.25) is 5.91 Å². The summed E-state index contributed by atoms with van der Waals surface area (Å²) < 4.78 is 5.70. The van der Waals surface area contributed by atoms with Crippen LogP contribution in [0.5, 0.6) is 5.75 Å². The first-order valence-corrected chi connectivity index (χ1v) is 7.61. The van der Waals surface area contributed by atoms with Gasteiger partial charge in [-0.2, -0.15) is 0 Å². The number of likely N-dealkylation sites (tertiary alicyclic amines) is 1. The van der Waals surface area contributed by atoms with Gasteiger partial charge in [-0.3, -0.25) is 4.79 Å². The van der Waals surface area contributed by atoms with Gasteiger partial charge in [-0.25, -0.2) is 0 Å². The van der Waals surface area contributed by atoms with Gasteiger partial charge in [-0.15, -0.1) is 12.4 Å². The van der Waals surface area contributed by atoms with E-state index in [9.17, 15) is 4.79 Å². The van der Waals surface area contributed by atoms with E-state index >= 15 is 0 Å². The van der Waals surface area contributed by atoms with Crippen molar-refractivity contribution < 1.29 is 9.53 Å². The Kier molecular flexibility index (Phi) is 6.69. The van der Waals surface area contributed by atoms with Crippen LogP contribution in [0.3, 0.4) is 0 Å². The highest BCUT2D eigenvalue weighted by atomic mass is 35.5. The van der Waals surface area contributed by atoms with Gasteiger partial charge in [0.15, 0.2) is 0 Å². The number of carbonyl (C=O) groups is 1. The fourth-order valence-corrected chi connectivity index (χ4v) is 2.83. The molecule has 2 rings (SSSR count). The summed E-state index contributed by atoms with van der Waals surface area (Å²) in [7, 11) is 0. The minimum atomic E-state index is 0. The summed E-state index contributed by atoms with van der Waals surface area (Å²) in [5, 5.41) is 0. The van der Waals surface area contributed by atoms with E-state index in [0.29, 0.717) is 19.6 Å². The van der Waals surface area contributed by atoms with Gasteiger partial charge in [0.25, 0.3) is 0 Å². The molecule has 5 heteroatoms. The van der Waals surface area contributed by atoms with Crippen LogP contribution in [-0.4, -0.2) is 37.0 Å². The topological polar surface area (TPSA) is 55.6 Å². The van der Waals surface area contributed by atoms with Crippen molar-refractivity contribution in [3.63, 3.8) is 0 Å². The SMILES string of the molecule is Cc1cc(C)cc(OCCC(=O)N2CCC(C)(CN)C2)c1.Cl. The Morgan fingerprint density at radius 3 is 2.50 bits per heavy atom. The first-order chi connectivity index (χ1) is 9.92. The average Bonchev–Trinajstić information content (AvgIpc) is 2.81. The number of benzene rings is 1. The Bertz CT molecular complexity index is 501. The third-order valence-corrected chi connectivity index (χ3v) is 4.18. The third-order valence-electron chi connectivity index (χ3n) is 4.18. The van der Waals surface area contributed by atoms with Gasteiger partial charge in [0, 0.05) is 13.1 Å². The number of hydrogen-bond acceptors (Lipinski definition) is 3. The minimum absolute atomic E-state index is 0. The standard InChI is InChI=1S/C17H26N2O2.ClH/c1-13-8-14(2)10-15(9-13)21-7-4-16(20)19-6-5-17(3,11-18)12-19;/h8-10H,4-7,11-12,18H2,1-3H3;1H. The summed E-state index contributed by atoms with van der Waals surface area (Å²) in [6, 6.07) is 6.10. The van der Waals surface area contributed by atoms with Gasteiger partial charge in [-0.05, 0) is 55.5 Å². The van der Waals surface area contributed by atoms with Crippen molar-refractivity contribution in [2.24, 2.45) is 11.1 Å². The molecule has 1 aromatic rings. The largest absolute Gasteiger partial charge is 0.493 e. The van der Waals surface area contributed by atoms with E-state index in [-0.39, 0.29) is 23.7 Å². The molecule has 1 unspecified atom stereocenters. The zero-order valence-electron chi connectivity index (χ0n) is 13.7. The summed E-state index contributed by atoms with van der Waals surface area (Å²) >= 11 is 0. The lowest BCUT2D eigenvalue weighted by molar-refractivity contribution is -0.131. The highest BCUT2D eigenvalue weighted by Crippen LogP contribution is 2.28. The van der Waals surface area contributed by atoms with Crippen LogP contribution < -0.4 is 10.5 Å². The molecule has 1 saturated heterocycles. The van der Waals surface area contributed by atoms with Crippen molar-refractivity contribution in [3.05, 3.63) is 29.3 Å². The number of nitrogens with zero attached hydrogens (tertiary/aromatic N) is 1. The molecule has 1 aliphatic heterocycles. The molecule has 1 atom stereocenters. The predicted molar refractivity (Wildman–Crippen MR) is 91.6 cm³/mol. The number of ether oxygens (including phenoxy) is 1. The lowest BCUT2D eigenvalue weighted by Crippen LogP contribution is -2.35. The summed E-state index contributed by atoms with van der Waals surface area (Å²) in [4.78, 5) is 14.1. The fraction of sp³-hybridized carbons (Fsp3) is 0.588. The quantitative estimate of drug-likeness (QED) is 0.905. The predicted octanol–water partition coefficient (Wildman–Crippen LogP) is 2.69. The second-order valence-electron chi connectivity index (χ2n) is 6.50. The smallest absolute Gasteiger partial charge is 0.226 e. The maximum Gasteiger partial charge on any atom is 0.226 e. The zero-order chi connectivity index (χ0) is 15.5. The van der Waals surface area contributed by atoms with Crippen molar-refractivity contribution in [1.29, 1.82) is 0 Å². The molecule has 1 amide bonds. The lowest BCUT2D eigenvalue weighted by Gasteiger charge is -2.22. The van der Waals surface area contributed by atoms with Crippen LogP contribution in [0.25, 0.3) is 0 Å². The van der Waals surface area contributed by atoms with Crippen molar-refractivity contribution >= 4 is 18.3 Å². The van der Waals surface area contributed by atoms with Crippen molar-refractivity contribution in [1.82, 2.24) is 4.90 Å². The van der Waals surface area contributed by atoms with Crippen LogP contribution in [0.4, 0.5) is 0 Å². The third kappa shape index (κ3) is 4.89. The summed E-state index contributed by atoms with van der Waals surface area (Å²) in [6.45, 7) is 8.88. The summed E-state index contributed by atoms with van der Waals surface area (Å²) in [5.74, 6) is 1.00. The normalized spacial score (nSPS) is 20.6. The van der Waals surface area contributed by atoms with Crippen LogP contribution in [0, 0.1) is 19.3 Å². The first kappa shape index (κ1) is 18.8. The Labute approximate surface area is 139 Å². The van der Waals surface area contributed by atoms with Gasteiger partial charge in [0.05, 0.1) is 13.0 Å². The van der Waals surface area contributed by atoms with Crippen molar-refractivity contribution in [2.45, 2.75) is 33.6 Å². The molecule has 0 radical (unpaired) electrons. The number of nitrogens with two attached hydrogens (primary N) is 1. The number of rotatable bonds is 5. The molecule has 1 fully saturated rings. The Morgan fingerprint density at radius 2 is 1.95 bits per heavy atom. The van der Waals surface area contributed by atoms with E-state index in [0.717, 1.165) is 25.3 Å². The van der Waals surface area contributed by atoms with Crippen molar-refractivity contribution in [2.75, 3.05) is 26.2 Å². The molecule has 0 saturated carbocycles. The number of carbonyl (C=O) groups excluding carboxylic acids is 1. The molecule has 0 aliphatic carbocycles. The average molecular weight is 327 g/mol.